The Bertz CT molecular complexity index is 4940. The van der Waals surface area contributed by atoms with Crippen molar-refractivity contribution in [1.29, 1.82) is 5.41 Å². The van der Waals surface area contributed by atoms with Crippen LogP contribution in [0.25, 0.3) is 21.8 Å². The number of likely N-dealkylation sites (N-methyl/N-ethyl adjacent to an activating group) is 3. The number of hydrogen-bond donors (Lipinski definition) is 21. The molecule has 0 aliphatic carbocycles. The Labute approximate surface area is 767 Å². The number of unbranched alkanes of at least 4 members (excludes halogenated alkanes) is 2. The molecule has 24 N–H and O–H groups in total. The summed E-state index contributed by atoms with van der Waals surface area (Å²) in [7, 11) is 3.93. The second kappa shape index (κ2) is 50.4. The summed E-state index contributed by atoms with van der Waals surface area (Å²) in [6.45, 7) is 3.85. The van der Waals surface area contributed by atoms with Gasteiger partial charge in [0.2, 0.25) is 94.5 Å². The van der Waals surface area contributed by atoms with E-state index < -0.39 is 248 Å². The van der Waals surface area contributed by atoms with Crippen LogP contribution in [0, 0.1) is 5.41 Å². The molecule has 8 rings (SSSR count). The van der Waals surface area contributed by atoms with Gasteiger partial charge in [0.15, 0.2) is 5.96 Å². The summed E-state index contributed by atoms with van der Waals surface area (Å²) in [5.41, 5.74) is 19.6. The highest BCUT2D eigenvalue weighted by atomic mass is 32.2. The molecule has 3 fully saturated rings. The van der Waals surface area contributed by atoms with E-state index in [1.54, 1.807) is 60.9 Å². The molecule has 3 saturated heterocycles. The molecule has 3 aliphatic rings. The van der Waals surface area contributed by atoms with Gasteiger partial charge in [-0.3, -0.25) is 86.9 Å². The molecule has 0 spiro atoms. The molecule has 43 nitrogen and oxygen atoms in total. The lowest BCUT2D eigenvalue weighted by Gasteiger charge is -2.36. The zero-order chi connectivity index (χ0) is 96.7. The Morgan fingerprint density at radius 1 is 0.538 bits per heavy atom. The van der Waals surface area contributed by atoms with Crippen molar-refractivity contribution in [1.82, 2.24) is 93.0 Å². The highest BCUT2D eigenvalue weighted by molar-refractivity contribution is 8.00. The Kier molecular flexibility index (Phi) is 39.9. The molecule has 44 heteroatoms. The molecule has 720 valence electrons. The summed E-state index contributed by atoms with van der Waals surface area (Å²) in [5.74, 6) is -17.9. The fourth-order valence-electron chi connectivity index (χ4n) is 16.1. The number of aliphatic carboxylic acids is 1. The van der Waals surface area contributed by atoms with Gasteiger partial charge in [-0.1, -0.05) is 88.1 Å². The standard InChI is InChI=1S/C88H126N22O21S/c1-8-10-25-67-80(124)99-59(24-17-35-93-88(91)92)77(121)105-66(76(120)96-43-71(90)114)46-132-47-72(115)98-63(37-50-28-30-53(112)31-29-50)83(127)106(5)49(4)75(119)101-60(23-16-34-89)85(129)109-36-18-27-68(109)81(125)97-48(3)74(118)100-61(32-33-73(116)117)86(130)110-44-54(113)40-70(110)82(126)102-62(38-51-41-94-57-21-14-12-19-55(51)57)78(122)104-65(45-111)79(123)103-64(39-52-42-95-58-22-15-13-20-56(52)58)84(128)108(7)69(26-11-9-2)87(131)107(67)6/h12-15,19-22,28-31,41-42,48-49,54,59-70,94-95,111-113H,8-11,16-18,23-27,32-40,43-47,89H2,1-7H3,(H2,90,114)(H,96,120)(H,97,125)(H,98,115)(H,99,124)(H,100,118)(H,101,119)(H,102,126)(H,103,123)(H,104,122)(H,105,121)(H,116,117)(H4,91,92,93)/t48-,49-,54+,59-,60-,61-,62-,63-,64-,65-,66-,67-,68-,69-,70-/m0/s1. The van der Waals surface area contributed by atoms with Crippen molar-refractivity contribution in [3.63, 3.8) is 0 Å². The molecule has 132 heavy (non-hydrogen) atoms. The van der Waals surface area contributed by atoms with Crippen molar-refractivity contribution in [3.8, 4) is 5.75 Å². The predicted octanol–water partition coefficient (Wildman–Crippen LogP) is -3.19. The number of thioether (sulfide) groups is 1. The van der Waals surface area contributed by atoms with Crippen molar-refractivity contribution in [3.05, 3.63) is 102 Å². The highest BCUT2D eigenvalue weighted by Crippen LogP contribution is 2.28. The van der Waals surface area contributed by atoms with Gasteiger partial charge in [0.1, 0.15) is 90.3 Å². The van der Waals surface area contributed by atoms with Gasteiger partial charge in [-0.05, 0) is 119 Å². The van der Waals surface area contributed by atoms with E-state index in [0.717, 1.165) is 31.4 Å². The topological polar surface area (TPSA) is 653 Å². The number of aromatic hydroxyl groups is 1. The average molecular weight is 1860 g/mol. The molecule has 0 bridgehead atoms. The lowest BCUT2D eigenvalue weighted by Crippen LogP contribution is -2.61. The number of H-pyrrole nitrogens is 2. The van der Waals surface area contributed by atoms with Crippen molar-refractivity contribution < 1.29 is 102 Å². The number of aromatic nitrogens is 2. The fourth-order valence-corrected chi connectivity index (χ4v) is 17.0. The largest absolute Gasteiger partial charge is 0.508 e. The first-order valence-electron chi connectivity index (χ1n) is 44.3. The van der Waals surface area contributed by atoms with Crippen molar-refractivity contribution >= 4 is 140 Å². The number of para-hydroxylation sites is 2. The monoisotopic (exact) mass is 1860 g/mol. The number of fused-ring (bicyclic) bond motifs is 4. The molecule has 16 amide bonds. The number of carboxylic acid groups (broad SMARTS) is 1. The van der Waals surface area contributed by atoms with Crippen LogP contribution >= 0.6 is 11.8 Å². The number of carbonyl (C=O) groups is 17. The first-order chi connectivity index (χ1) is 62.9. The van der Waals surface area contributed by atoms with Crippen LogP contribution in [-0.4, -0.2) is 324 Å². The van der Waals surface area contributed by atoms with Crippen molar-refractivity contribution in [2.45, 2.75) is 234 Å². The Balaban J connectivity index is 1.18. The van der Waals surface area contributed by atoms with Crippen molar-refractivity contribution in [2.75, 3.05) is 72.0 Å². The van der Waals surface area contributed by atoms with Gasteiger partial charge >= 0.3 is 5.97 Å². The second-order valence-corrected chi connectivity index (χ2v) is 34.5. The number of phenols is 1. The summed E-state index contributed by atoms with van der Waals surface area (Å²) >= 11 is 0.778. The minimum absolute atomic E-state index is 0.0108. The Morgan fingerprint density at radius 3 is 1.68 bits per heavy atom. The molecule has 3 aliphatic heterocycles. The molecule has 5 heterocycles. The van der Waals surface area contributed by atoms with Crippen LogP contribution in [0.5, 0.6) is 5.75 Å². The van der Waals surface area contributed by atoms with Gasteiger partial charge in [-0.2, -0.15) is 0 Å². The van der Waals surface area contributed by atoms with Crippen LogP contribution in [0.1, 0.15) is 141 Å². The quantitative estimate of drug-likeness (QED) is 0.0147. The summed E-state index contributed by atoms with van der Waals surface area (Å²) in [6.07, 6.45) is 0.857. The van der Waals surface area contributed by atoms with Crippen LogP contribution < -0.4 is 75.7 Å². The van der Waals surface area contributed by atoms with E-state index in [9.17, 15) is 73.2 Å². The lowest BCUT2D eigenvalue weighted by molar-refractivity contribution is -0.149. The van der Waals surface area contributed by atoms with E-state index in [1.807, 2.05) is 13.8 Å². The number of rotatable bonds is 26. The number of carboxylic acids is 1. The van der Waals surface area contributed by atoms with E-state index >= 15 is 28.8 Å². The second-order valence-electron chi connectivity index (χ2n) is 33.4. The Morgan fingerprint density at radius 2 is 1.07 bits per heavy atom. The summed E-state index contributed by atoms with van der Waals surface area (Å²) in [5, 5.41) is 80.4. The number of nitrogens with zero attached hydrogens (tertiary/aromatic N) is 5. The lowest BCUT2D eigenvalue weighted by atomic mass is 10.00. The number of aromatic amines is 2. The summed E-state index contributed by atoms with van der Waals surface area (Å²) in [6, 6.07) is -2.04. The maximum Gasteiger partial charge on any atom is 0.303 e. The molecule has 5 aromatic rings. The third-order valence-corrected chi connectivity index (χ3v) is 24.7. The maximum atomic E-state index is 15.7. The van der Waals surface area contributed by atoms with Crippen LogP contribution in [-0.2, 0) is 101 Å². The number of amides is 16. The predicted molar refractivity (Wildman–Crippen MR) is 485 cm³/mol. The van der Waals surface area contributed by atoms with Crippen molar-refractivity contribution in [2.24, 2.45) is 17.2 Å². The number of aliphatic hydroxyl groups excluding tert-OH is 2. The SMILES string of the molecule is CCCC[C@H]1C(=O)N(C)[C@@H](CCCC)C(=O)N[C@@H](CCCNC(=N)N)C(=O)N[C@H](C(=O)NCC(N)=O)CSCC(=O)N[C@@H](Cc2ccc(O)cc2)C(=O)N(C)[C@@H](C)C(=O)N[C@@H](CCCN)C(=O)N2CCC[C@H]2C(=O)N[C@@H](C)C(=O)N[C@@H](CCC(=O)O)C(=O)N2C[C@H](O)C[C@H]2C(=O)N[C@@H](Cc2c[nH]c3ccccc23)C(=O)N[C@@H](CO)C(=O)N[C@@H](Cc2c[nH]c3ccccc23)C(=O)N1C. The zero-order valence-electron chi connectivity index (χ0n) is 75.2. The minimum Gasteiger partial charge on any atom is -0.508 e. The highest BCUT2D eigenvalue weighted by Gasteiger charge is 2.46. The zero-order valence-corrected chi connectivity index (χ0v) is 76.0. The van der Waals surface area contributed by atoms with E-state index in [2.05, 4.69) is 68.5 Å². The van der Waals surface area contributed by atoms with Gasteiger partial charge in [-0.25, -0.2) is 0 Å². The number of nitrogens with one attached hydrogen (secondary N) is 14. The molecule has 2 aromatic heterocycles. The number of phenolic OH excluding ortho intramolecular Hbond substituents is 1. The molecule has 15 atom stereocenters. The van der Waals surface area contributed by atoms with Gasteiger partial charge in [-0.15, -0.1) is 11.8 Å². The number of aliphatic hydroxyl groups is 2. The number of nitrogens with two attached hydrogens (primary N) is 3. The van der Waals surface area contributed by atoms with Crippen LogP contribution in [0.15, 0.2) is 85.2 Å². The smallest absolute Gasteiger partial charge is 0.303 e. The Hall–Kier alpha value is -13.0. The molecular weight excluding hydrogens is 1730 g/mol. The van der Waals surface area contributed by atoms with Gasteiger partial charge in [0, 0.05) is 113 Å². The molecule has 0 saturated carbocycles. The first-order valence-corrected chi connectivity index (χ1v) is 45.5. The van der Waals surface area contributed by atoms with Gasteiger partial charge in [0.25, 0.3) is 0 Å². The molecular formula is C88H126N22O21S. The van der Waals surface area contributed by atoms with Crippen LogP contribution in [0.4, 0.5) is 0 Å². The minimum atomic E-state index is -1.92. The molecule has 0 unspecified atom stereocenters. The van der Waals surface area contributed by atoms with E-state index in [4.69, 9.17) is 22.6 Å². The van der Waals surface area contributed by atoms with E-state index in [1.165, 1.54) is 64.2 Å². The number of benzene rings is 3. The summed E-state index contributed by atoms with van der Waals surface area (Å²) < 4.78 is 0. The molecule has 3 aromatic carbocycles. The summed E-state index contributed by atoms with van der Waals surface area (Å²) in [4.78, 5) is 259. The van der Waals surface area contributed by atoms with Gasteiger partial charge < -0.3 is 131 Å². The fraction of sp³-hybridized carbons (Fsp3) is 0.545. The number of primary amides is 1. The first kappa shape index (κ1) is 104. The third kappa shape index (κ3) is 29.3. The van der Waals surface area contributed by atoms with E-state index in [-0.39, 0.29) is 96.0 Å². The number of hydrogen-bond acceptors (Lipinski definition) is 23. The number of guanidine groups is 1. The average Bonchev–Trinajstić information content (AvgIpc) is 1.27. The molecule has 0 radical (unpaired) electrons. The van der Waals surface area contributed by atoms with Crippen LogP contribution in [0.3, 0.4) is 0 Å². The third-order valence-electron chi connectivity index (χ3n) is 23.7. The maximum absolute atomic E-state index is 15.7. The number of carbonyl (C=O) groups excluding carboxylic acids is 16. The van der Waals surface area contributed by atoms with Gasteiger partial charge in [0.05, 0.1) is 25.0 Å². The van der Waals surface area contributed by atoms with Crippen LogP contribution in [0.2, 0.25) is 0 Å². The normalized spacial score (nSPS) is 25.0. The van der Waals surface area contributed by atoms with E-state index in [0.29, 0.717) is 64.2 Å².